The molecule has 2 rings (SSSR count). The smallest absolute Gasteiger partial charge is 0.134 e. The zero-order valence-electron chi connectivity index (χ0n) is 8.62. The first kappa shape index (κ1) is 9.20. The van der Waals surface area contributed by atoms with Crippen LogP contribution in [0.15, 0.2) is 0 Å². The van der Waals surface area contributed by atoms with E-state index in [0.717, 1.165) is 25.2 Å². The molecule has 0 aliphatic heterocycles. The van der Waals surface area contributed by atoms with Gasteiger partial charge < -0.3 is 4.90 Å². The lowest BCUT2D eigenvalue weighted by atomic mass is 10.1. The van der Waals surface area contributed by atoms with Gasteiger partial charge in [-0.25, -0.2) is 0 Å². The van der Waals surface area contributed by atoms with Crippen LogP contribution in [0.25, 0.3) is 0 Å². The molecule has 0 aromatic rings. The van der Waals surface area contributed by atoms with E-state index in [-0.39, 0.29) is 0 Å². The Kier molecular flexibility index (Phi) is 2.41. The number of hydrogen-bond acceptors (Lipinski definition) is 2. The summed E-state index contributed by atoms with van der Waals surface area (Å²) in [5.74, 6) is 1.38. The van der Waals surface area contributed by atoms with Crippen molar-refractivity contribution in [3.63, 3.8) is 0 Å². The van der Waals surface area contributed by atoms with Crippen LogP contribution in [0.2, 0.25) is 0 Å². The molecule has 2 heteroatoms. The first-order valence-electron chi connectivity index (χ1n) is 5.42. The molecular weight excluding hydrogens is 162 g/mol. The van der Waals surface area contributed by atoms with Crippen molar-refractivity contribution in [1.29, 1.82) is 0 Å². The van der Waals surface area contributed by atoms with E-state index < -0.39 is 0 Å². The van der Waals surface area contributed by atoms with Crippen LogP contribution in [0.5, 0.6) is 0 Å². The molecule has 0 bridgehead atoms. The minimum atomic E-state index is 0.458. The molecule has 0 amide bonds. The molecule has 0 radical (unpaired) electrons. The van der Waals surface area contributed by atoms with E-state index in [1.165, 1.54) is 12.8 Å². The van der Waals surface area contributed by atoms with E-state index in [9.17, 15) is 4.79 Å². The third-order valence-electron chi connectivity index (χ3n) is 3.74. The summed E-state index contributed by atoms with van der Waals surface area (Å²) in [6, 6.07) is 1.24. The fourth-order valence-electron chi connectivity index (χ4n) is 2.39. The van der Waals surface area contributed by atoms with Crippen LogP contribution in [-0.2, 0) is 4.79 Å². The average molecular weight is 181 g/mol. The van der Waals surface area contributed by atoms with Crippen LogP contribution in [-0.4, -0.2) is 29.8 Å². The summed E-state index contributed by atoms with van der Waals surface area (Å²) < 4.78 is 0. The standard InChI is InChI=1S/C11H19NO/c1-8(9-3-4-9)12(2)10-5-6-11(13)7-10/h8-10H,3-7H2,1-2H3. The van der Waals surface area contributed by atoms with Gasteiger partial charge in [-0.2, -0.15) is 0 Å². The lowest BCUT2D eigenvalue weighted by molar-refractivity contribution is -0.117. The van der Waals surface area contributed by atoms with E-state index in [4.69, 9.17) is 0 Å². The molecule has 0 aromatic heterocycles. The number of ketones is 1. The van der Waals surface area contributed by atoms with Gasteiger partial charge in [-0.3, -0.25) is 4.79 Å². The maximum Gasteiger partial charge on any atom is 0.134 e. The first-order chi connectivity index (χ1) is 6.18. The second-order valence-electron chi connectivity index (χ2n) is 4.68. The SMILES string of the molecule is CC(C1CC1)N(C)C1CCC(=O)C1. The van der Waals surface area contributed by atoms with E-state index in [1.54, 1.807) is 0 Å². The van der Waals surface area contributed by atoms with Gasteiger partial charge in [0, 0.05) is 24.9 Å². The van der Waals surface area contributed by atoms with Gasteiger partial charge in [-0.1, -0.05) is 0 Å². The molecule has 2 aliphatic carbocycles. The predicted molar refractivity (Wildman–Crippen MR) is 52.6 cm³/mol. The van der Waals surface area contributed by atoms with Crippen molar-refractivity contribution in [3.05, 3.63) is 0 Å². The van der Waals surface area contributed by atoms with Crippen LogP contribution >= 0.6 is 0 Å². The molecular formula is C11H19NO. The van der Waals surface area contributed by atoms with Gasteiger partial charge in [-0.15, -0.1) is 0 Å². The van der Waals surface area contributed by atoms with Gasteiger partial charge in [0.05, 0.1) is 0 Å². The van der Waals surface area contributed by atoms with E-state index in [2.05, 4.69) is 18.9 Å². The third-order valence-corrected chi connectivity index (χ3v) is 3.74. The number of nitrogens with zero attached hydrogens (tertiary/aromatic N) is 1. The van der Waals surface area contributed by atoms with Gasteiger partial charge >= 0.3 is 0 Å². The molecule has 0 heterocycles. The quantitative estimate of drug-likeness (QED) is 0.662. The van der Waals surface area contributed by atoms with Crippen molar-refractivity contribution >= 4 is 5.78 Å². The Morgan fingerprint density at radius 3 is 2.54 bits per heavy atom. The van der Waals surface area contributed by atoms with Crippen LogP contribution < -0.4 is 0 Å². The molecule has 0 saturated heterocycles. The maximum atomic E-state index is 11.1. The molecule has 2 saturated carbocycles. The van der Waals surface area contributed by atoms with Crippen molar-refractivity contribution < 1.29 is 4.79 Å². The molecule has 0 N–H and O–H groups in total. The Balaban J connectivity index is 1.88. The van der Waals surface area contributed by atoms with E-state index >= 15 is 0 Å². The third kappa shape index (κ3) is 1.93. The summed E-state index contributed by atoms with van der Waals surface area (Å²) in [7, 11) is 2.19. The number of Topliss-reactive ketones (excluding diaryl/α,β-unsaturated/α-hetero) is 1. The van der Waals surface area contributed by atoms with Crippen LogP contribution in [0.1, 0.15) is 39.0 Å². The summed E-state index contributed by atoms with van der Waals surface area (Å²) in [6.07, 6.45) is 5.49. The van der Waals surface area contributed by atoms with Crippen LogP contribution in [0.4, 0.5) is 0 Å². The highest BCUT2D eigenvalue weighted by molar-refractivity contribution is 5.81. The summed E-state index contributed by atoms with van der Waals surface area (Å²) in [4.78, 5) is 13.6. The van der Waals surface area contributed by atoms with Crippen molar-refractivity contribution in [2.24, 2.45) is 5.92 Å². The molecule has 74 valence electrons. The summed E-state index contributed by atoms with van der Waals surface area (Å²) >= 11 is 0. The minimum Gasteiger partial charge on any atom is -0.300 e. The number of carbonyl (C=O) groups is 1. The summed E-state index contributed by atoms with van der Waals surface area (Å²) in [5.41, 5.74) is 0. The molecule has 2 unspecified atom stereocenters. The molecule has 2 aliphatic rings. The number of carbonyl (C=O) groups excluding carboxylic acids is 1. The topological polar surface area (TPSA) is 20.3 Å². The summed E-state index contributed by atoms with van der Waals surface area (Å²) in [6.45, 7) is 2.31. The Morgan fingerprint density at radius 1 is 1.38 bits per heavy atom. The van der Waals surface area contributed by atoms with Crippen LogP contribution in [0.3, 0.4) is 0 Å². The van der Waals surface area contributed by atoms with E-state index in [1.807, 2.05) is 0 Å². The molecule has 0 spiro atoms. The lowest BCUT2D eigenvalue weighted by Crippen LogP contribution is -2.38. The molecule has 13 heavy (non-hydrogen) atoms. The highest BCUT2D eigenvalue weighted by Gasteiger charge is 2.35. The fourth-order valence-corrected chi connectivity index (χ4v) is 2.39. The molecule has 2 fully saturated rings. The van der Waals surface area contributed by atoms with Crippen molar-refractivity contribution in [2.45, 2.75) is 51.1 Å². The lowest BCUT2D eigenvalue weighted by Gasteiger charge is -2.30. The zero-order chi connectivity index (χ0) is 9.42. The fraction of sp³-hybridized carbons (Fsp3) is 0.909. The largest absolute Gasteiger partial charge is 0.300 e. The van der Waals surface area contributed by atoms with Gasteiger partial charge in [0.2, 0.25) is 0 Å². The second kappa shape index (κ2) is 3.41. The summed E-state index contributed by atoms with van der Waals surface area (Å²) in [5, 5.41) is 0. The van der Waals surface area contributed by atoms with Gasteiger partial charge in [0.1, 0.15) is 5.78 Å². The molecule has 0 aromatic carbocycles. The normalized spacial score (nSPS) is 31.3. The Bertz CT molecular complexity index is 210. The zero-order valence-corrected chi connectivity index (χ0v) is 8.62. The van der Waals surface area contributed by atoms with Gasteiger partial charge in [-0.05, 0) is 39.2 Å². The second-order valence-corrected chi connectivity index (χ2v) is 4.68. The van der Waals surface area contributed by atoms with Crippen molar-refractivity contribution in [2.75, 3.05) is 7.05 Å². The van der Waals surface area contributed by atoms with Gasteiger partial charge in [0.15, 0.2) is 0 Å². The highest BCUT2D eigenvalue weighted by Crippen LogP contribution is 2.36. The molecule has 2 nitrogen and oxygen atoms in total. The van der Waals surface area contributed by atoms with Crippen molar-refractivity contribution in [1.82, 2.24) is 4.90 Å². The monoisotopic (exact) mass is 181 g/mol. The molecule has 2 atom stereocenters. The average Bonchev–Trinajstić information content (AvgIpc) is 2.87. The Labute approximate surface area is 80.3 Å². The van der Waals surface area contributed by atoms with Crippen molar-refractivity contribution in [3.8, 4) is 0 Å². The maximum absolute atomic E-state index is 11.1. The van der Waals surface area contributed by atoms with E-state index in [0.29, 0.717) is 17.9 Å². The number of hydrogen-bond donors (Lipinski definition) is 0. The Hall–Kier alpha value is -0.370. The Morgan fingerprint density at radius 2 is 2.08 bits per heavy atom. The predicted octanol–water partition coefficient (Wildman–Crippen LogP) is 1.84. The van der Waals surface area contributed by atoms with Crippen LogP contribution in [0, 0.1) is 5.92 Å². The number of rotatable bonds is 3. The minimum absolute atomic E-state index is 0.458. The van der Waals surface area contributed by atoms with Gasteiger partial charge in [0.25, 0.3) is 0 Å². The first-order valence-corrected chi connectivity index (χ1v) is 5.42. The highest BCUT2D eigenvalue weighted by atomic mass is 16.1.